The highest BCUT2D eigenvalue weighted by molar-refractivity contribution is 7.99. The number of halogens is 1. The van der Waals surface area contributed by atoms with Gasteiger partial charge in [-0.25, -0.2) is 19.8 Å². The Bertz CT molecular complexity index is 989. The minimum absolute atomic E-state index is 0.0322. The first-order chi connectivity index (χ1) is 14.0. The summed E-state index contributed by atoms with van der Waals surface area (Å²) in [7, 11) is 0. The molecule has 3 aromatic rings. The molecule has 0 aliphatic heterocycles. The van der Waals surface area contributed by atoms with Gasteiger partial charge < -0.3 is 20.6 Å². The van der Waals surface area contributed by atoms with Crippen LogP contribution in [-0.4, -0.2) is 27.8 Å². The van der Waals surface area contributed by atoms with Gasteiger partial charge >= 0.3 is 0 Å². The second kappa shape index (κ2) is 9.55. The molecule has 0 radical (unpaired) electrons. The summed E-state index contributed by atoms with van der Waals surface area (Å²) in [5.74, 6) is 0.477. The quantitative estimate of drug-likeness (QED) is 0.220. The Morgan fingerprint density at radius 2 is 1.93 bits per heavy atom. The summed E-state index contributed by atoms with van der Waals surface area (Å²) in [4.78, 5) is 19.7. The predicted octanol–water partition coefficient (Wildman–Crippen LogP) is 2.19. The van der Waals surface area contributed by atoms with Crippen LogP contribution in [0.3, 0.4) is 0 Å². The number of rotatable bonds is 8. The maximum absolute atomic E-state index is 12.9. The van der Waals surface area contributed by atoms with E-state index in [-0.39, 0.29) is 41.7 Å². The zero-order valence-corrected chi connectivity index (χ0v) is 15.9. The van der Waals surface area contributed by atoms with Crippen molar-refractivity contribution in [1.82, 2.24) is 15.4 Å². The van der Waals surface area contributed by atoms with Gasteiger partial charge in [-0.2, -0.15) is 5.10 Å². The number of hydrogen-bond donors (Lipinski definition) is 3. The molecule has 0 fully saturated rings. The van der Waals surface area contributed by atoms with Crippen LogP contribution in [0.15, 0.2) is 57.1 Å². The second-order valence-electron chi connectivity index (χ2n) is 5.65. The van der Waals surface area contributed by atoms with Crippen molar-refractivity contribution < 1.29 is 18.3 Å². The number of nitrogens with two attached hydrogens (primary N) is 2. The third-order valence-corrected chi connectivity index (χ3v) is 4.20. The number of benzene rings is 1. The number of aromatic nitrogens is 2. The van der Waals surface area contributed by atoms with E-state index >= 15 is 0 Å². The molecule has 0 unspecified atom stereocenters. The highest BCUT2D eigenvalue weighted by Crippen LogP contribution is 2.17. The lowest BCUT2D eigenvalue weighted by Crippen LogP contribution is -2.19. The van der Waals surface area contributed by atoms with E-state index in [2.05, 4.69) is 20.5 Å². The van der Waals surface area contributed by atoms with E-state index in [1.807, 2.05) is 0 Å². The lowest BCUT2D eigenvalue weighted by atomic mass is 10.2. The fraction of sp³-hybridized carbons (Fsp3) is 0.111. The summed E-state index contributed by atoms with van der Waals surface area (Å²) in [6, 6.07) is 10.6. The molecule has 0 saturated carbocycles. The van der Waals surface area contributed by atoms with Crippen LogP contribution in [-0.2, 0) is 11.4 Å². The number of nitrogen functional groups attached to an aromatic ring is 2. The van der Waals surface area contributed by atoms with E-state index in [0.29, 0.717) is 10.9 Å². The summed E-state index contributed by atoms with van der Waals surface area (Å²) < 4.78 is 23.8. The molecular weight excluding hydrogens is 399 g/mol. The molecule has 0 saturated heterocycles. The largest absolute Gasteiger partial charge is 0.460 e. The smallest absolute Gasteiger partial charge is 0.285 e. The minimum atomic E-state index is -0.366. The summed E-state index contributed by atoms with van der Waals surface area (Å²) in [6.45, 7) is 0.231. The van der Waals surface area contributed by atoms with Crippen molar-refractivity contribution in [3.05, 3.63) is 59.6 Å². The second-order valence-corrected chi connectivity index (χ2v) is 6.60. The number of amides is 1. The number of nitrogens with one attached hydrogen (secondary N) is 1. The molecule has 2 heterocycles. The number of carbonyl (C=O) groups excluding carboxylic acids is 1. The third-order valence-electron chi connectivity index (χ3n) is 3.36. The summed E-state index contributed by atoms with van der Waals surface area (Å²) in [6.07, 6.45) is 1.34. The van der Waals surface area contributed by atoms with Gasteiger partial charge in [-0.05, 0) is 23.8 Å². The van der Waals surface area contributed by atoms with Gasteiger partial charge in [-0.15, -0.1) is 0 Å². The van der Waals surface area contributed by atoms with Crippen molar-refractivity contribution in [2.45, 2.75) is 11.8 Å². The highest BCUT2D eigenvalue weighted by Gasteiger charge is 2.06. The van der Waals surface area contributed by atoms with Crippen LogP contribution >= 0.6 is 11.8 Å². The van der Waals surface area contributed by atoms with Crippen LogP contribution in [0.25, 0.3) is 0 Å². The number of anilines is 2. The molecule has 0 bridgehead atoms. The van der Waals surface area contributed by atoms with Crippen molar-refractivity contribution >= 4 is 35.5 Å². The maximum atomic E-state index is 12.9. The molecule has 3 rings (SSSR count). The van der Waals surface area contributed by atoms with Crippen LogP contribution in [0.4, 0.5) is 16.0 Å². The molecule has 2 aromatic heterocycles. The van der Waals surface area contributed by atoms with Gasteiger partial charge in [0.05, 0.1) is 12.0 Å². The molecule has 11 heteroatoms. The van der Waals surface area contributed by atoms with E-state index in [4.69, 9.17) is 20.6 Å². The zero-order chi connectivity index (χ0) is 20.6. The first kappa shape index (κ1) is 20.1. The predicted molar refractivity (Wildman–Crippen MR) is 107 cm³/mol. The first-order valence-corrected chi connectivity index (χ1v) is 9.28. The van der Waals surface area contributed by atoms with Gasteiger partial charge in [0.15, 0.2) is 10.9 Å². The van der Waals surface area contributed by atoms with Gasteiger partial charge in [0.25, 0.3) is 11.9 Å². The van der Waals surface area contributed by atoms with Gasteiger partial charge in [-0.1, -0.05) is 23.9 Å². The lowest BCUT2D eigenvalue weighted by Gasteiger charge is -2.02. The van der Waals surface area contributed by atoms with Crippen LogP contribution < -0.4 is 21.6 Å². The number of carbonyl (C=O) groups is 1. The molecule has 0 aliphatic carbocycles. The van der Waals surface area contributed by atoms with Gasteiger partial charge in [-0.3, -0.25) is 4.79 Å². The van der Waals surface area contributed by atoms with Crippen molar-refractivity contribution in [3.8, 4) is 5.95 Å². The average molecular weight is 416 g/mol. The number of ether oxygens (including phenoxy) is 1. The topological polar surface area (TPSA) is 142 Å². The van der Waals surface area contributed by atoms with Gasteiger partial charge in [0.1, 0.15) is 24.1 Å². The molecule has 29 heavy (non-hydrogen) atoms. The van der Waals surface area contributed by atoms with Crippen LogP contribution in [0.5, 0.6) is 5.95 Å². The van der Waals surface area contributed by atoms with Crippen LogP contribution in [0, 0.1) is 5.82 Å². The zero-order valence-electron chi connectivity index (χ0n) is 15.0. The van der Waals surface area contributed by atoms with E-state index in [1.54, 1.807) is 24.3 Å². The Morgan fingerprint density at radius 1 is 1.21 bits per heavy atom. The van der Waals surface area contributed by atoms with Gasteiger partial charge in [0.2, 0.25) is 0 Å². The molecule has 0 atom stereocenters. The number of nitrogens with zero attached hydrogens (tertiary/aromatic N) is 3. The molecule has 150 valence electrons. The Kier molecular flexibility index (Phi) is 6.63. The fourth-order valence-electron chi connectivity index (χ4n) is 2.07. The first-order valence-electron chi connectivity index (χ1n) is 8.30. The van der Waals surface area contributed by atoms with Crippen molar-refractivity contribution in [2.75, 3.05) is 17.2 Å². The number of hydrogen-bond acceptors (Lipinski definition) is 9. The number of furan rings is 1. The average Bonchev–Trinajstić information content (AvgIpc) is 3.13. The van der Waals surface area contributed by atoms with E-state index in [0.717, 1.165) is 17.3 Å². The standard InChI is InChI=1S/C18H17FN6O3S/c19-12-3-1-11(2-4-12)9-27-17-6-5-13(28-17)8-22-25-16(26)10-29-18-23-14(20)7-15(21)24-18/h1-8H,9-10H2,(H,25,26)(H4,20,21,23,24)/b22-8-. The Labute approximate surface area is 169 Å². The van der Waals surface area contributed by atoms with Gasteiger partial charge in [0, 0.05) is 12.1 Å². The molecule has 0 aliphatic rings. The maximum Gasteiger partial charge on any atom is 0.285 e. The molecule has 1 aromatic carbocycles. The van der Waals surface area contributed by atoms with Crippen molar-refractivity contribution in [2.24, 2.45) is 5.10 Å². The lowest BCUT2D eigenvalue weighted by molar-refractivity contribution is -0.118. The van der Waals surface area contributed by atoms with Crippen LogP contribution in [0.1, 0.15) is 11.3 Å². The fourth-order valence-corrected chi connectivity index (χ4v) is 2.74. The molecule has 1 amide bonds. The minimum Gasteiger partial charge on any atom is -0.460 e. The van der Waals surface area contributed by atoms with Crippen molar-refractivity contribution in [1.29, 1.82) is 0 Å². The van der Waals surface area contributed by atoms with E-state index in [9.17, 15) is 9.18 Å². The Hall–Kier alpha value is -3.60. The van der Waals surface area contributed by atoms with Crippen molar-refractivity contribution in [3.63, 3.8) is 0 Å². The third kappa shape index (κ3) is 6.50. The molecule has 9 nitrogen and oxygen atoms in total. The molecule has 5 N–H and O–H groups in total. The monoisotopic (exact) mass is 416 g/mol. The SMILES string of the molecule is Nc1cc(N)nc(SCC(=O)N/N=C\c2ccc(OCc3ccc(F)cc3)o2)n1. The normalized spacial score (nSPS) is 10.9. The number of hydrazone groups is 1. The summed E-state index contributed by atoms with van der Waals surface area (Å²) in [5.41, 5.74) is 14.3. The summed E-state index contributed by atoms with van der Waals surface area (Å²) >= 11 is 1.08. The van der Waals surface area contributed by atoms with Crippen LogP contribution in [0.2, 0.25) is 0 Å². The van der Waals surface area contributed by atoms with E-state index in [1.165, 1.54) is 24.4 Å². The molecule has 0 spiro atoms. The number of thioether (sulfide) groups is 1. The molecular formula is C18H17FN6O3S. The Morgan fingerprint density at radius 3 is 2.66 bits per heavy atom. The highest BCUT2D eigenvalue weighted by atomic mass is 32.2. The Balaban J connectivity index is 1.43. The van der Waals surface area contributed by atoms with E-state index < -0.39 is 0 Å². The summed E-state index contributed by atoms with van der Waals surface area (Å²) in [5, 5.41) is 4.11.